The molecule has 0 spiro atoms. The molecular formula is C9H7NO2S2. The van der Waals surface area contributed by atoms with E-state index in [-0.39, 0.29) is 5.97 Å². The molecule has 72 valence electrons. The lowest BCUT2D eigenvalue weighted by Crippen LogP contribution is -2.00. The van der Waals surface area contributed by atoms with Gasteiger partial charge in [-0.05, 0) is 12.1 Å². The number of carbonyl (C=O) groups is 1. The summed E-state index contributed by atoms with van der Waals surface area (Å²) in [7, 11) is 1.36. The van der Waals surface area contributed by atoms with Crippen LogP contribution in [0.15, 0.2) is 18.2 Å². The summed E-state index contributed by atoms with van der Waals surface area (Å²) in [4.78, 5) is 11.4. The summed E-state index contributed by atoms with van der Waals surface area (Å²) < 4.78 is 6.96. The molecule has 1 heterocycles. The molecule has 0 radical (unpaired) electrons. The molecule has 3 nitrogen and oxygen atoms in total. The predicted octanol–water partition coefficient (Wildman–Crippen LogP) is 2.23. The van der Waals surface area contributed by atoms with Gasteiger partial charge in [0, 0.05) is 4.70 Å². The highest BCUT2D eigenvalue weighted by molar-refractivity contribution is 7.35. The van der Waals surface area contributed by atoms with Crippen molar-refractivity contribution in [2.75, 3.05) is 7.11 Å². The Balaban J connectivity index is 2.76. The first-order valence-corrected chi connectivity index (χ1v) is 5.51. The normalized spacial score (nSPS) is 10.4. The van der Waals surface area contributed by atoms with Crippen molar-refractivity contribution in [2.24, 2.45) is 0 Å². The summed E-state index contributed by atoms with van der Waals surface area (Å²) in [6.45, 7) is 0. The SMILES string of the molecule is COC(=O)c1cccc2sc(=N)sc12. The zero-order chi connectivity index (χ0) is 10.1. The molecular weight excluding hydrogens is 218 g/mol. The third-order valence-electron chi connectivity index (χ3n) is 1.78. The van der Waals surface area contributed by atoms with Gasteiger partial charge in [0.1, 0.15) is 0 Å². The van der Waals surface area contributed by atoms with Gasteiger partial charge in [-0.3, -0.25) is 5.41 Å². The summed E-state index contributed by atoms with van der Waals surface area (Å²) >= 11 is 2.68. The Labute approximate surface area is 88.1 Å². The van der Waals surface area contributed by atoms with Crippen LogP contribution < -0.4 is 3.98 Å². The molecule has 0 saturated carbocycles. The molecule has 14 heavy (non-hydrogen) atoms. The molecule has 0 saturated heterocycles. The van der Waals surface area contributed by atoms with E-state index in [0.29, 0.717) is 9.55 Å². The maximum atomic E-state index is 11.4. The van der Waals surface area contributed by atoms with Crippen LogP contribution in [0.2, 0.25) is 0 Å². The van der Waals surface area contributed by atoms with Crippen molar-refractivity contribution < 1.29 is 9.53 Å². The second-order valence-corrected chi connectivity index (χ2v) is 4.95. The lowest BCUT2D eigenvalue weighted by molar-refractivity contribution is 0.0603. The van der Waals surface area contributed by atoms with Crippen LogP contribution in [-0.4, -0.2) is 13.1 Å². The van der Waals surface area contributed by atoms with Gasteiger partial charge in [-0.25, -0.2) is 4.79 Å². The molecule has 0 unspecified atom stereocenters. The first-order chi connectivity index (χ1) is 6.72. The molecule has 0 atom stereocenters. The van der Waals surface area contributed by atoms with Crippen molar-refractivity contribution in [3.63, 3.8) is 0 Å². The molecule has 1 N–H and O–H groups in total. The van der Waals surface area contributed by atoms with Crippen molar-refractivity contribution in [3.05, 3.63) is 27.7 Å². The van der Waals surface area contributed by atoms with Gasteiger partial charge < -0.3 is 4.74 Å². The number of rotatable bonds is 1. The predicted molar refractivity (Wildman–Crippen MR) is 56.9 cm³/mol. The zero-order valence-corrected chi connectivity index (χ0v) is 9.00. The maximum absolute atomic E-state index is 11.4. The molecule has 1 aromatic carbocycles. The van der Waals surface area contributed by atoms with Crippen molar-refractivity contribution in [1.29, 1.82) is 5.41 Å². The minimum Gasteiger partial charge on any atom is -0.465 e. The Morgan fingerprint density at radius 2 is 2.21 bits per heavy atom. The Hall–Kier alpha value is -1.20. The lowest BCUT2D eigenvalue weighted by Gasteiger charge is -1.98. The average Bonchev–Trinajstić information content (AvgIpc) is 2.56. The highest BCUT2D eigenvalue weighted by Gasteiger charge is 2.11. The summed E-state index contributed by atoms with van der Waals surface area (Å²) in [5.41, 5.74) is 0.546. The summed E-state index contributed by atoms with van der Waals surface area (Å²) in [5.74, 6) is -0.343. The minimum atomic E-state index is -0.343. The fraction of sp³-hybridized carbons (Fsp3) is 0.111. The molecule has 2 rings (SSSR count). The van der Waals surface area contributed by atoms with Crippen LogP contribution in [0.5, 0.6) is 0 Å². The number of fused-ring (bicyclic) bond motifs is 1. The molecule has 0 fully saturated rings. The van der Waals surface area contributed by atoms with Gasteiger partial charge in [0.15, 0.2) is 3.98 Å². The van der Waals surface area contributed by atoms with E-state index in [2.05, 4.69) is 4.74 Å². The number of hydrogen-bond donors (Lipinski definition) is 1. The quantitative estimate of drug-likeness (QED) is 0.757. The van der Waals surface area contributed by atoms with Crippen LogP contribution in [0.3, 0.4) is 0 Å². The Kier molecular flexibility index (Phi) is 2.35. The number of benzene rings is 1. The van der Waals surface area contributed by atoms with Gasteiger partial charge in [0.05, 0.1) is 17.4 Å². The molecule has 2 aromatic rings. The second kappa shape index (κ2) is 3.51. The van der Waals surface area contributed by atoms with Crippen molar-refractivity contribution in [2.45, 2.75) is 0 Å². The highest BCUT2D eigenvalue weighted by Crippen LogP contribution is 2.25. The number of nitrogens with one attached hydrogen (secondary N) is 1. The van der Waals surface area contributed by atoms with Crippen LogP contribution in [0.1, 0.15) is 10.4 Å². The molecule has 0 aliphatic heterocycles. The van der Waals surface area contributed by atoms with Gasteiger partial charge in [0.25, 0.3) is 0 Å². The summed E-state index contributed by atoms with van der Waals surface area (Å²) in [6, 6.07) is 5.43. The molecule has 1 aromatic heterocycles. The van der Waals surface area contributed by atoms with E-state index < -0.39 is 0 Å². The first-order valence-electron chi connectivity index (χ1n) is 3.88. The molecule has 0 aliphatic rings. The molecule has 0 bridgehead atoms. The van der Waals surface area contributed by atoms with E-state index in [1.54, 1.807) is 12.1 Å². The maximum Gasteiger partial charge on any atom is 0.339 e. The zero-order valence-electron chi connectivity index (χ0n) is 7.37. The standard InChI is InChI=1S/C9H7NO2S2/c1-12-8(11)5-3-2-4-6-7(5)14-9(10)13-6/h2-4,10H,1H3. The van der Waals surface area contributed by atoms with E-state index in [0.717, 1.165) is 9.40 Å². The number of esters is 1. The van der Waals surface area contributed by atoms with Gasteiger partial charge in [-0.15, -0.1) is 22.7 Å². The van der Waals surface area contributed by atoms with Crippen LogP contribution in [-0.2, 0) is 4.74 Å². The number of ether oxygens (including phenoxy) is 1. The topological polar surface area (TPSA) is 50.2 Å². The Morgan fingerprint density at radius 3 is 2.93 bits per heavy atom. The fourth-order valence-corrected chi connectivity index (χ4v) is 3.29. The van der Waals surface area contributed by atoms with E-state index in [1.807, 2.05) is 6.07 Å². The van der Waals surface area contributed by atoms with Gasteiger partial charge >= 0.3 is 5.97 Å². The van der Waals surface area contributed by atoms with E-state index >= 15 is 0 Å². The van der Waals surface area contributed by atoms with Gasteiger partial charge in [0.2, 0.25) is 0 Å². The number of methoxy groups -OCH3 is 1. The van der Waals surface area contributed by atoms with Gasteiger partial charge in [-0.2, -0.15) is 0 Å². The largest absolute Gasteiger partial charge is 0.465 e. The Bertz CT molecular complexity index is 541. The third kappa shape index (κ3) is 1.44. The van der Waals surface area contributed by atoms with E-state index in [4.69, 9.17) is 5.41 Å². The minimum absolute atomic E-state index is 0.343. The van der Waals surface area contributed by atoms with Crippen molar-refractivity contribution in [1.82, 2.24) is 0 Å². The van der Waals surface area contributed by atoms with E-state index in [1.165, 1.54) is 29.8 Å². The van der Waals surface area contributed by atoms with Crippen LogP contribution in [0.25, 0.3) is 9.40 Å². The third-order valence-corrected chi connectivity index (χ3v) is 3.99. The Morgan fingerprint density at radius 1 is 1.43 bits per heavy atom. The second-order valence-electron chi connectivity index (χ2n) is 2.62. The van der Waals surface area contributed by atoms with Crippen LogP contribution in [0.4, 0.5) is 0 Å². The smallest absolute Gasteiger partial charge is 0.339 e. The highest BCUT2D eigenvalue weighted by atomic mass is 32.2. The van der Waals surface area contributed by atoms with Gasteiger partial charge in [-0.1, -0.05) is 6.07 Å². The first kappa shape index (κ1) is 9.36. The van der Waals surface area contributed by atoms with Crippen molar-refractivity contribution in [3.8, 4) is 0 Å². The average molecular weight is 225 g/mol. The summed E-state index contributed by atoms with van der Waals surface area (Å²) in [6.07, 6.45) is 0. The fourth-order valence-electron chi connectivity index (χ4n) is 1.19. The van der Waals surface area contributed by atoms with E-state index in [9.17, 15) is 4.79 Å². The monoisotopic (exact) mass is 225 g/mol. The summed E-state index contributed by atoms with van der Waals surface area (Å²) in [5, 5.41) is 7.50. The lowest BCUT2D eigenvalue weighted by atomic mass is 10.2. The molecule has 0 aliphatic carbocycles. The number of carbonyl (C=O) groups excluding carboxylic acids is 1. The molecule has 0 amide bonds. The molecule has 5 heteroatoms. The number of hydrogen-bond acceptors (Lipinski definition) is 5. The van der Waals surface area contributed by atoms with Crippen LogP contribution >= 0.6 is 22.7 Å². The van der Waals surface area contributed by atoms with Crippen LogP contribution in [0, 0.1) is 5.41 Å². The van der Waals surface area contributed by atoms with Crippen molar-refractivity contribution >= 4 is 38.0 Å².